The van der Waals surface area contributed by atoms with E-state index in [9.17, 15) is 22.8 Å². The molecule has 29 heavy (non-hydrogen) atoms. The van der Waals surface area contributed by atoms with Crippen LogP contribution in [-0.4, -0.2) is 36.4 Å². The minimum Gasteiger partial charge on any atom is -0.464 e. The number of hydrogen-bond acceptors (Lipinski definition) is 5. The number of alkyl halides is 3. The van der Waals surface area contributed by atoms with E-state index in [2.05, 4.69) is 11.6 Å². The van der Waals surface area contributed by atoms with Crippen molar-refractivity contribution in [1.29, 1.82) is 0 Å². The Kier molecular flexibility index (Phi) is 7.21. The number of esters is 2. The highest BCUT2D eigenvalue weighted by Crippen LogP contribution is 2.37. The molecule has 0 aliphatic carbocycles. The van der Waals surface area contributed by atoms with E-state index in [4.69, 9.17) is 9.47 Å². The Balaban J connectivity index is 2.43. The van der Waals surface area contributed by atoms with Gasteiger partial charge < -0.3 is 9.47 Å². The summed E-state index contributed by atoms with van der Waals surface area (Å²) in [5.74, 6) is -1.96. The molecule has 0 N–H and O–H groups in total. The summed E-state index contributed by atoms with van der Waals surface area (Å²) in [6.07, 6.45) is -2.00. The van der Waals surface area contributed by atoms with Crippen LogP contribution in [-0.2, 0) is 25.2 Å². The molecule has 8 heteroatoms. The molecule has 158 valence electrons. The lowest BCUT2D eigenvalue weighted by Crippen LogP contribution is -2.45. The van der Waals surface area contributed by atoms with E-state index in [1.165, 1.54) is 12.1 Å². The summed E-state index contributed by atoms with van der Waals surface area (Å²) in [5, 5.41) is 0. The van der Waals surface area contributed by atoms with E-state index in [-0.39, 0.29) is 19.6 Å². The molecule has 0 spiro atoms. The van der Waals surface area contributed by atoms with Gasteiger partial charge in [-0.1, -0.05) is 18.2 Å². The van der Waals surface area contributed by atoms with Crippen molar-refractivity contribution in [3.05, 3.63) is 48.0 Å². The quantitative estimate of drug-likeness (QED) is 0.360. The number of hydrogen-bond donors (Lipinski definition) is 0. The van der Waals surface area contributed by atoms with Crippen molar-refractivity contribution in [3.63, 3.8) is 0 Å². The molecule has 1 unspecified atom stereocenters. The molecule has 2 rings (SSSR count). The predicted molar refractivity (Wildman–Crippen MR) is 102 cm³/mol. The lowest BCUT2D eigenvalue weighted by atomic mass is 9.88. The van der Waals surface area contributed by atoms with Crippen LogP contribution in [0.15, 0.2) is 41.9 Å². The SMILES string of the molecule is C=CCC(C1=NC(C(=O)OCC)(C(=O)OCC)CC1)c1ccc(C(F)(F)F)cc1. The zero-order chi connectivity index (χ0) is 21.7. The maximum Gasteiger partial charge on any atom is 0.416 e. The molecule has 5 nitrogen and oxygen atoms in total. The van der Waals surface area contributed by atoms with Crippen LogP contribution in [0.4, 0.5) is 13.2 Å². The van der Waals surface area contributed by atoms with Crippen LogP contribution >= 0.6 is 0 Å². The third-order valence-electron chi connectivity index (χ3n) is 4.75. The monoisotopic (exact) mass is 411 g/mol. The van der Waals surface area contributed by atoms with E-state index in [0.717, 1.165) is 12.1 Å². The highest BCUT2D eigenvalue weighted by Gasteiger charge is 2.52. The second-order valence-corrected chi connectivity index (χ2v) is 6.60. The van der Waals surface area contributed by atoms with Crippen molar-refractivity contribution in [2.45, 2.75) is 50.7 Å². The van der Waals surface area contributed by atoms with Crippen LogP contribution < -0.4 is 0 Å². The summed E-state index contributed by atoms with van der Waals surface area (Å²) in [5.41, 5.74) is -1.39. The van der Waals surface area contributed by atoms with Gasteiger partial charge in [0, 0.05) is 11.6 Å². The Bertz CT molecular complexity index is 766. The Morgan fingerprint density at radius 1 is 1.17 bits per heavy atom. The Morgan fingerprint density at radius 2 is 1.72 bits per heavy atom. The molecule has 0 bridgehead atoms. The molecule has 1 aromatic rings. The lowest BCUT2D eigenvalue weighted by Gasteiger charge is -2.21. The number of allylic oxidation sites excluding steroid dienone is 1. The van der Waals surface area contributed by atoms with E-state index >= 15 is 0 Å². The first-order chi connectivity index (χ1) is 13.7. The maximum atomic E-state index is 12.9. The molecule has 0 amide bonds. The average Bonchev–Trinajstić information content (AvgIpc) is 3.12. The van der Waals surface area contributed by atoms with Crippen LogP contribution in [0.5, 0.6) is 0 Å². The number of nitrogens with zero attached hydrogens (tertiary/aromatic N) is 1. The molecule has 0 saturated carbocycles. The molecule has 0 aromatic heterocycles. The fraction of sp³-hybridized carbons (Fsp3) is 0.476. The van der Waals surface area contributed by atoms with E-state index < -0.39 is 35.1 Å². The van der Waals surface area contributed by atoms with Crippen LogP contribution in [0.25, 0.3) is 0 Å². The molecule has 1 aromatic carbocycles. The van der Waals surface area contributed by atoms with Crippen molar-refractivity contribution >= 4 is 17.7 Å². The first kappa shape index (κ1) is 22.6. The van der Waals surface area contributed by atoms with Gasteiger partial charge in [-0.3, -0.25) is 4.99 Å². The normalized spacial score (nSPS) is 16.7. The van der Waals surface area contributed by atoms with Gasteiger partial charge in [-0.2, -0.15) is 13.2 Å². The Hall–Kier alpha value is -2.64. The van der Waals surface area contributed by atoms with Crippen molar-refractivity contribution in [2.75, 3.05) is 13.2 Å². The van der Waals surface area contributed by atoms with Gasteiger partial charge in [0.2, 0.25) is 0 Å². The second kappa shape index (κ2) is 9.24. The van der Waals surface area contributed by atoms with Gasteiger partial charge in [-0.15, -0.1) is 6.58 Å². The van der Waals surface area contributed by atoms with Crippen molar-refractivity contribution in [2.24, 2.45) is 4.99 Å². The third-order valence-corrected chi connectivity index (χ3v) is 4.75. The van der Waals surface area contributed by atoms with Crippen LogP contribution in [0.2, 0.25) is 0 Å². The number of aliphatic imine (C=N–C) groups is 1. The number of ether oxygens (including phenoxy) is 2. The summed E-state index contributed by atoms with van der Waals surface area (Å²) < 4.78 is 48.7. The number of rotatable bonds is 8. The number of halogens is 3. The van der Waals surface area contributed by atoms with Gasteiger partial charge in [-0.25, -0.2) is 9.59 Å². The zero-order valence-corrected chi connectivity index (χ0v) is 16.4. The fourth-order valence-electron chi connectivity index (χ4n) is 3.33. The Morgan fingerprint density at radius 3 is 2.17 bits per heavy atom. The largest absolute Gasteiger partial charge is 0.464 e. The molecule has 0 fully saturated rings. The van der Waals surface area contributed by atoms with Gasteiger partial charge in [0.25, 0.3) is 5.54 Å². The zero-order valence-electron chi connectivity index (χ0n) is 16.4. The molecule has 1 atom stereocenters. The van der Waals surface area contributed by atoms with E-state index in [1.54, 1.807) is 19.9 Å². The molecule has 1 heterocycles. The van der Waals surface area contributed by atoms with Gasteiger partial charge in [-0.05, 0) is 50.8 Å². The molecule has 1 aliphatic heterocycles. The topological polar surface area (TPSA) is 65.0 Å². The number of benzene rings is 1. The third kappa shape index (κ3) is 4.86. The first-order valence-electron chi connectivity index (χ1n) is 9.40. The van der Waals surface area contributed by atoms with Gasteiger partial charge in [0.15, 0.2) is 0 Å². The molecular formula is C21H24F3NO4. The molecule has 0 saturated heterocycles. The fourth-order valence-corrected chi connectivity index (χ4v) is 3.33. The minimum absolute atomic E-state index is 0.0832. The molecule has 0 radical (unpaired) electrons. The van der Waals surface area contributed by atoms with Crippen LogP contribution in [0.1, 0.15) is 50.2 Å². The van der Waals surface area contributed by atoms with E-state index in [1.807, 2.05) is 0 Å². The standard InChI is InChI=1S/C21H24F3NO4/c1-4-7-16(14-8-10-15(11-9-14)21(22,23)24)17-12-13-20(25-17,18(26)28-5-2)19(27)29-6-3/h4,8-11,16H,1,5-7,12-13H2,2-3H3. The smallest absolute Gasteiger partial charge is 0.416 e. The van der Waals surface area contributed by atoms with E-state index in [0.29, 0.717) is 24.1 Å². The number of carbonyl (C=O) groups is 2. The summed E-state index contributed by atoms with van der Waals surface area (Å²) >= 11 is 0. The van der Waals surface area contributed by atoms with Gasteiger partial charge >= 0.3 is 18.1 Å². The van der Waals surface area contributed by atoms with Crippen molar-refractivity contribution in [1.82, 2.24) is 0 Å². The summed E-state index contributed by atoms with van der Waals surface area (Å²) in [6.45, 7) is 7.12. The minimum atomic E-state index is -4.43. The van der Waals surface area contributed by atoms with Crippen LogP contribution in [0, 0.1) is 0 Å². The van der Waals surface area contributed by atoms with Gasteiger partial charge in [0.1, 0.15) is 0 Å². The highest BCUT2D eigenvalue weighted by atomic mass is 19.4. The van der Waals surface area contributed by atoms with Crippen molar-refractivity contribution < 1.29 is 32.2 Å². The summed E-state index contributed by atoms with van der Waals surface area (Å²) in [7, 11) is 0. The van der Waals surface area contributed by atoms with Crippen molar-refractivity contribution in [3.8, 4) is 0 Å². The second-order valence-electron chi connectivity index (χ2n) is 6.60. The average molecular weight is 411 g/mol. The lowest BCUT2D eigenvalue weighted by molar-refractivity contribution is -0.163. The Labute approximate surface area is 167 Å². The summed E-state index contributed by atoms with van der Waals surface area (Å²) in [4.78, 5) is 29.5. The molecular weight excluding hydrogens is 387 g/mol. The summed E-state index contributed by atoms with van der Waals surface area (Å²) in [6, 6.07) is 4.78. The highest BCUT2D eigenvalue weighted by molar-refractivity contribution is 6.10. The van der Waals surface area contributed by atoms with Gasteiger partial charge in [0.05, 0.1) is 18.8 Å². The maximum absolute atomic E-state index is 12.9. The predicted octanol–water partition coefficient (Wildman–Crippen LogP) is 4.46. The first-order valence-corrected chi connectivity index (χ1v) is 9.40. The number of carbonyl (C=O) groups excluding carboxylic acids is 2. The molecule has 1 aliphatic rings. The van der Waals surface area contributed by atoms with Crippen LogP contribution in [0.3, 0.4) is 0 Å².